The molecule has 1 aliphatic rings. The highest BCUT2D eigenvalue weighted by atomic mass is 79.9. The Morgan fingerprint density at radius 3 is 2.88 bits per heavy atom. The van der Waals surface area contributed by atoms with E-state index in [1.807, 2.05) is 41.8 Å². The fraction of sp³-hybridized carbons (Fsp3) is 0.118. The van der Waals surface area contributed by atoms with E-state index in [0.29, 0.717) is 0 Å². The number of fused-ring (bicyclic) bond motifs is 1. The molecule has 1 aromatic heterocycles. The van der Waals surface area contributed by atoms with Crippen molar-refractivity contribution in [3.8, 4) is 28.5 Å². The number of methoxy groups -OCH3 is 1. The Balaban J connectivity index is 1.55. The van der Waals surface area contributed by atoms with Gasteiger partial charge in [-0.3, -0.25) is 0 Å². The van der Waals surface area contributed by atoms with E-state index in [9.17, 15) is 0 Å². The van der Waals surface area contributed by atoms with Gasteiger partial charge >= 0.3 is 0 Å². The highest BCUT2D eigenvalue weighted by Crippen LogP contribution is 2.36. The topological polar surface area (TPSA) is 52.6 Å². The molecule has 7 heteroatoms. The van der Waals surface area contributed by atoms with Crippen molar-refractivity contribution < 1.29 is 14.2 Å². The molecule has 4 rings (SSSR count). The van der Waals surface area contributed by atoms with Crippen molar-refractivity contribution in [2.24, 2.45) is 0 Å². The minimum Gasteiger partial charge on any atom is -0.496 e. The number of anilines is 2. The quantitative estimate of drug-likeness (QED) is 0.658. The highest BCUT2D eigenvalue weighted by molar-refractivity contribution is 9.10. The Kier molecular flexibility index (Phi) is 4.03. The van der Waals surface area contributed by atoms with Crippen LogP contribution in [0.2, 0.25) is 0 Å². The van der Waals surface area contributed by atoms with Crippen LogP contribution in [0.4, 0.5) is 10.8 Å². The Morgan fingerprint density at radius 1 is 1.17 bits per heavy atom. The molecule has 2 heterocycles. The number of thiazole rings is 1. The van der Waals surface area contributed by atoms with E-state index < -0.39 is 0 Å². The van der Waals surface area contributed by atoms with Gasteiger partial charge in [0.05, 0.1) is 17.3 Å². The second-order valence-corrected chi connectivity index (χ2v) is 6.79. The molecule has 1 aliphatic heterocycles. The molecule has 0 amide bonds. The number of nitrogens with one attached hydrogen (secondary N) is 1. The van der Waals surface area contributed by atoms with Gasteiger partial charge in [-0.25, -0.2) is 4.98 Å². The zero-order chi connectivity index (χ0) is 16.5. The molecule has 0 aliphatic carbocycles. The predicted molar refractivity (Wildman–Crippen MR) is 97.6 cm³/mol. The summed E-state index contributed by atoms with van der Waals surface area (Å²) in [4.78, 5) is 4.64. The van der Waals surface area contributed by atoms with Gasteiger partial charge in [-0.2, -0.15) is 0 Å². The van der Waals surface area contributed by atoms with E-state index in [2.05, 4.69) is 26.2 Å². The van der Waals surface area contributed by atoms with Crippen LogP contribution in [-0.4, -0.2) is 18.9 Å². The van der Waals surface area contributed by atoms with Crippen LogP contribution >= 0.6 is 27.3 Å². The maximum atomic E-state index is 5.39. The number of benzene rings is 2. The lowest BCUT2D eigenvalue weighted by molar-refractivity contribution is 0.174. The van der Waals surface area contributed by atoms with Crippen molar-refractivity contribution in [3.63, 3.8) is 0 Å². The number of rotatable bonds is 4. The van der Waals surface area contributed by atoms with Gasteiger partial charge in [0, 0.05) is 22.7 Å². The number of aromatic nitrogens is 1. The van der Waals surface area contributed by atoms with Crippen LogP contribution in [0.5, 0.6) is 17.2 Å². The first-order valence-electron chi connectivity index (χ1n) is 7.19. The zero-order valence-electron chi connectivity index (χ0n) is 12.7. The maximum absolute atomic E-state index is 5.39. The summed E-state index contributed by atoms with van der Waals surface area (Å²) < 4.78 is 16.9. The second kappa shape index (κ2) is 6.33. The number of nitrogens with zero attached hydrogens (tertiary/aromatic N) is 1. The number of hydrogen-bond donors (Lipinski definition) is 1. The summed E-state index contributed by atoms with van der Waals surface area (Å²) in [5.74, 6) is 2.31. The van der Waals surface area contributed by atoms with Crippen LogP contribution in [0.3, 0.4) is 0 Å². The average Bonchev–Trinajstić information content (AvgIpc) is 3.23. The third kappa shape index (κ3) is 2.92. The van der Waals surface area contributed by atoms with Crippen molar-refractivity contribution in [3.05, 3.63) is 46.3 Å². The minimum atomic E-state index is 0.270. The normalized spacial score (nSPS) is 12.2. The average molecular weight is 405 g/mol. The predicted octanol–water partition coefficient (Wildman–Crippen LogP) is 5.05. The van der Waals surface area contributed by atoms with Gasteiger partial charge < -0.3 is 19.5 Å². The summed E-state index contributed by atoms with van der Waals surface area (Å²) in [5, 5.41) is 6.13. The highest BCUT2D eigenvalue weighted by Gasteiger charge is 2.14. The number of halogens is 1. The van der Waals surface area contributed by atoms with Crippen molar-refractivity contribution >= 4 is 38.1 Å². The fourth-order valence-corrected chi connectivity index (χ4v) is 3.67. The van der Waals surface area contributed by atoms with E-state index in [4.69, 9.17) is 14.2 Å². The van der Waals surface area contributed by atoms with Crippen molar-refractivity contribution in [1.82, 2.24) is 4.98 Å². The lowest BCUT2D eigenvalue weighted by Gasteiger charge is -2.05. The van der Waals surface area contributed by atoms with Crippen LogP contribution in [0.25, 0.3) is 11.3 Å². The van der Waals surface area contributed by atoms with Crippen molar-refractivity contribution in [2.75, 3.05) is 19.2 Å². The molecular formula is C17H13BrN2O3S. The fourth-order valence-electron chi connectivity index (χ4n) is 2.39. The summed E-state index contributed by atoms with van der Waals surface area (Å²) in [6.45, 7) is 0.270. The molecule has 0 saturated heterocycles. The number of ether oxygens (including phenoxy) is 3. The molecule has 0 saturated carbocycles. The molecule has 1 N–H and O–H groups in total. The summed E-state index contributed by atoms with van der Waals surface area (Å²) in [7, 11) is 1.65. The van der Waals surface area contributed by atoms with Crippen LogP contribution in [0.15, 0.2) is 46.3 Å². The van der Waals surface area contributed by atoms with E-state index in [1.165, 1.54) is 0 Å². The van der Waals surface area contributed by atoms with Crippen molar-refractivity contribution in [2.45, 2.75) is 0 Å². The van der Waals surface area contributed by atoms with Crippen LogP contribution in [-0.2, 0) is 0 Å². The smallest absolute Gasteiger partial charge is 0.231 e. The molecule has 0 atom stereocenters. The Labute approximate surface area is 151 Å². The van der Waals surface area contributed by atoms with Gasteiger partial charge in [0.2, 0.25) is 6.79 Å². The van der Waals surface area contributed by atoms with Crippen LogP contribution in [0.1, 0.15) is 0 Å². The van der Waals surface area contributed by atoms with Gasteiger partial charge in [-0.1, -0.05) is 0 Å². The van der Waals surface area contributed by atoms with E-state index in [1.54, 1.807) is 18.4 Å². The Bertz CT molecular complexity index is 897. The van der Waals surface area contributed by atoms with E-state index in [-0.39, 0.29) is 6.79 Å². The van der Waals surface area contributed by atoms with E-state index in [0.717, 1.165) is 43.8 Å². The largest absolute Gasteiger partial charge is 0.496 e. The molecule has 24 heavy (non-hydrogen) atoms. The lowest BCUT2D eigenvalue weighted by atomic mass is 10.2. The van der Waals surface area contributed by atoms with Gasteiger partial charge in [0.1, 0.15) is 5.75 Å². The molecule has 2 aromatic carbocycles. The van der Waals surface area contributed by atoms with Gasteiger partial charge in [-0.05, 0) is 46.3 Å². The molecule has 3 aromatic rings. The maximum Gasteiger partial charge on any atom is 0.231 e. The lowest BCUT2D eigenvalue weighted by Crippen LogP contribution is -1.93. The first-order valence-corrected chi connectivity index (χ1v) is 8.86. The van der Waals surface area contributed by atoms with Gasteiger partial charge in [0.25, 0.3) is 0 Å². The van der Waals surface area contributed by atoms with Crippen LogP contribution < -0.4 is 19.5 Å². The van der Waals surface area contributed by atoms with Gasteiger partial charge in [-0.15, -0.1) is 11.3 Å². The SMILES string of the molecule is COc1ccc(-c2csc(Nc3ccc4c(c3)OCO4)n2)cc1Br. The van der Waals surface area contributed by atoms with E-state index >= 15 is 0 Å². The van der Waals surface area contributed by atoms with Crippen molar-refractivity contribution in [1.29, 1.82) is 0 Å². The summed E-state index contributed by atoms with van der Waals surface area (Å²) in [6, 6.07) is 11.6. The zero-order valence-corrected chi connectivity index (χ0v) is 15.1. The number of hydrogen-bond acceptors (Lipinski definition) is 6. The molecule has 0 fully saturated rings. The van der Waals surface area contributed by atoms with Gasteiger partial charge in [0.15, 0.2) is 16.6 Å². The minimum absolute atomic E-state index is 0.270. The molecule has 0 radical (unpaired) electrons. The molecule has 122 valence electrons. The Hall–Kier alpha value is -2.25. The standard InChI is InChI=1S/C17H13BrN2O3S/c1-21-14-4-2-10(6-12(14)18)13-8-24-17(20-13)19-11-3-5-15-16(7-11)23-9-22-15/h2-8H,9H2,1H3,(H,19,20). The molecule has 0 bridgehead atoms. The summed E-state index contributed by atoms with van der Waals surface area (Å²) >= 11 is 5.05. The first-order chi connectivity index (χ1) is 11.7. The third-order valence-electron chi connectivity index (χ3n) is 3.58. The summed E-state index contributed by atoms with van der Waals surface area (Å²) in [5.41, 5.74) is 2.85. The third-order valence-corrected chi connectivity index (χ3v) is 4.95. The summed E-state index contributed by atoms with van der Waals surface area (Å²) in [6.07, 6.45) is 0. The molecule has 5 nitrogen and oxygen atoms in total. The first kappa shape index (κ1) is 15.3. The second-order valence-electron chi connectivity index (χ2n) is 5.08. The molecule has 0 spiro atoms. The molecule has 0 unspecified atom stereocenters. The Morgan fingerprint density at radius 2 is 2.04 bits per heavy atom. The monoisotopic (exact) mass is 404 g/mol. The molecular weight excluding hydrogens is 392 g/mol. The van der Waals surface area contributed by atoms with Crippen LogP contribution in [0, 0.1) is 0 Å².